The number of hydrogen-bond donors (Lipinski definition) is 1. The van der Waals surface area contributed by atoms with Gasteiger partial charge in [-0.15, -0.1) is 0 Å². The maximum absolute atomic E-state index is 8.83. The average molecular weight is 323 g/mol. The molecular formula is C18H21N5O. The lowest BCUT2D eigenvalue weighted by molar-refractivity contribution is 0.389. The predicted molar refractivity (Wildman–Crippen MR) is 91.8 cm³/mol. The van der Waals surface area contributed by atoms with Gasteiger partial charge in [0.15, 0.2) is 0 Å². The fourth-order valence-corrected chi connectivity index (χ4v) is 2.87. The minimum absolute atomic E-state index is 0.479. The van der Waals surface area contributed by atoms with Crippen molar-refractivity contribution in [1.82, 2.24) is 15.3 Å². The first-order valence-electron chi connectivity index (χ1n) is 8.13. The number of nitrogens with one attached hydrogen (secondary N) is 1. The van der Waals surface area contributed by atoms with Gasteiger partial charge < -0.3 is 15.0 Å². The summed E-state index contributed by atoms with van der Waals surface area (Å²) < 4.78 is 5.15. The Labute approximate surface area is 142 Å². The molecule has 2 aromatic rings. The molecule has 1 saturated heterocycles. The van der Waals surface area contributed by atoms with E-state index in [-0.39, 0.29) is 0 Å². The summed E-state index contributed by atoms with van der Waals surface area (Å²) in [4.78, 5) is 11.1. The number of rotatable bonds is 5. The van der Waals surface area contributed by atoms with Gasteiger partial charge >= 0.3 is 0 Å². The SMILES string of the molecule is COc1cccc(CNC2CCN(c3ccc(C#N)cn3)CC2)n1. The number of anilines is 1. The van der Waals surface area contributed by atoms with Crippen molar-refractivity contribution in [3.05, 3.63) is 47.8 Å². The highest BCUT2D eigenvalue weighted by molar-refractivity contribution is 5.42. The number of aromatic nitrogens is 2. The Balaban J connectivity index is 1.48. The monoisotopic (exact) mass is 323 g/mol. The van der Waals surface area contributed by atoms with Crippen LogP contribution in [0.4, 0.5) is 5.82 Å². The average Bonchev–Trinajstić information content (AvgIpc) is 2.67. The van der Waals surface area contributed by atoms with E-state index in [4.69, 9.17) is 10.00 Å². The van der Waals surface area contributed by atoms with Gasteiger partial charge in [0, 0.05) is 37.9 Å². The van der Waals surface area contributed by atoms with Crippen molar-refractivity contribution in [3.63, 3.8) is 0 Å². The fourth-order valence-electron chi connectivity index (χ4n) is 2.87. The Morgan fingerprint density at radius 1 is 1.29 bits per heavy atom. The van der Waals surface area contributed by atoms with Crippen molar-refractivity contribution in [1.29, 1.82) is 5.26 Å². The summed E-state index contributed by atoms with van der Waals surface area (Å²) in [5.74, 6) is 1.60. The van der Waals surface area contributed by atoms with Crippen molar-refractivity contribution in [2.24, 2.45) is 0 Å². The Morgan fingerprint density at radius 2 is 2.12 bits per heavy atom. The zero-order chi connectivity index (χ0) is 16.8. The van der Waals surface area contributed by atoms with Crippen molar-refractivity contribution < 1.29 is 4.74 Å². The molecular weight excluding hydrogens is 302 g/mol. The number of methoxy groups -OCH3 is 1. The second kappa shape index (κ2) is 7.75. The van der Waals surface area contributed by atoms with E-state index < -0.39 is 0 Å². The minimum Gasteiger partial charge on any atom is -0.481 e. The maximum Gasteiger partial charge on any atom is 0.213 e. The summed E-state index contributed by atoms with van der Waals surface area (Å²) in [7, 11) is 1.63. The second-order valence-corrected chi connectivity index (χ2v) is 5.83. The van der Waals surface area contributed by atoms with Crippen LogP contribution in [0.5, 0.6) is 5.88 Å². The Hall–Kier alpha value is -2.65. The topological polar surface area (TPSA) is 74.1 Å². The standard InChI is InChI=1S/C18H21N5O/c1-24-18-4-2-3-16(22-18)13-20-15-7-9-23(10-8-15)17-6-5-14(11-19)12-21-17/h2-6,12,15,20H,7-10,13H2,1H3. The lowest BCUT2D eigenvalue weighted by atomic mass is 10.0. The molecule has 6 heteroatoms. The molecule has 0 aromatic carbocycles. The van der Waals surface area contributed by atoms with E-state index in [1.54, 1.807) is 13.3 Å². The highest BCUT2D eigenvalue weighted by Crippen LogP contribution is 2.18. The van der Waals surface area contributed by atoms with Gasteiger partial charge in [-0.3, -0.25) is 0 Å². The van der Waals surface area contributed by atoms with Gasteiger partial charge in [0.1, 0.15) is 11.9 Å². The molecule has 0 amide bonds. The number of pyridine rings is 2. The van der Waals surface area contributed by atoms with E-state index in [1.807, 2.05) is 30.3 Å². The number of nitrogens with zero attached hydrogens (tertiary/aromatic N) is 4. The molecule has 2 aromatic heterocycles. The number of nitriles is 1. The highest BCUT2D eigenvalue weighted by atomic mass is 16.5. The molecule has 1 aliphatic rings. The summed E-state index contributed by atoms with van der Waals surface area (Å²) in [6.45, 7) is 2.67. The third-order valence-electron chi connectivity index (χ3n) is 4.26. The molecule has 3 rings (SSSR count). The molecule has 1 N–H and O–H groups in total. The summed E-state index contributed by atoms with van der Waals surface area (Å²) in [5, 5.41) is 12.4. The fraction of sp³-hybridized carbons (Fsp3) is 0.389. The van der Waals surface area contributed by atoms with Crippen LogP contribution in [0, 0.1) is 11.3 Å². The van der Waals surface area contributed by atoms with Gasteiger partial charge in [0.2, 0.25) is 5.88 Å². The van der Waals surface area contributed by atoms with Crippen LogP contribution >= 0.6 is 0 Å². The Morgan fingerprint density at radius 3 is 2.79 bits per heavy atom. The van der Waals surface area contributed by atoms with Crippen LogP contribution in [-0.4, -0.2) is 36.2 Å². The molecule has 0 radical (unpaired) electrons. The van der Waals surface area contributed by atoms with Gasteiger partial charge in [-0.25, -0.2) is 9.97 Å². The van der Waals surface area contributed by atoms with E-state index >= 15 is 0 Å². The van der Waals surface area contributed by atoms with Crippen LogP contribution in [0.1, 0.15) is 24.1 Å². The first kappa shape index (κ1) is 16.2. The third kappa shape index (κ3) is 4.00. The molecule has 24 heavy (non-hydrogen) atoms. The van der Waals surface area contributed by atoms with Crippen LogP contribution < -0.4 is 15.0 Å². The predicted octanol–water partition coefficient (Wildman–Crippen LogP) is 2.12. The van der Waals surface area contributed by atoms with E-state index in [1.165, 1.54) is 0 Å². The van der Waals surface area contributed by atoms with E-state index in [9.17, 15) is 0 Å². The molecule has 0 bridgehead atoms. The van der Waals surface area contributed by atoms with Crippen molar-refractivity contribution >= 4 is 5.82 Å². The lowest BCUT2D eigenvalue weighted by Gasteiger charge is -2.33. The molecule has 1 fully saturated rings. The number of piperidine rings is 1. The first-order valence-corrected chi connectivity index (χ1v) is 8.13. The molecule has 1 aliphatic heterocycles. The lowest BCUT2D eigenvalue weighted by Crippen LogP contribution is -2.42. The summed E-state index contributed by atoms with van der Waals surface area (Å²) in [6.07, 6.45) is 3.76. The van der Waals surface area contributed by atoms with E-state index in [2.05, 4.69) is 26.3 Å². The molecule has 3 heterocycles. The van der Waals surface area contributed by atoms with Crippen LogP contribution in [0.2, 0.25) is 0 Å². The smallest absolute Gasteiger partial charge is 0.213 e. The molecule has 6 nitrogen and oxygen atoms in total. The zero-order valence-electron chi connectivity index (χ0n) is 13.8. The van der Waals surface area contributed by atoms with Gasteiger partial charge in [0.25, 0.3) is 0 Å². The second-order valence-electron chi connectivity index (χ2n) is 5.83. The third-order valence-corrected chi connectivity index (χ3v) is 4.26. The van der Waals surface area contributed by atoms with E-state index in [0.717, 1.165) is 44.0 Å². The maximum atomic E-state index is 8.83. The van der Waals surface area contributed by atoms with Crippen molar-refractivity contribution in [2.45, 2.75) is 25.4 Å². The van der Waals surface area contributed by atoms with Crippen LogP contribution in [0.15, 0.2) is 36.5 Å². The van der Waals surface area contributed by atoms with Crippen LogP contribution in [0.3, 0.4) is 0 Å². The normalized spacial score (nSPS) is 15.1. The van der Waals surface area contributed by atoms with Crippen molar-refractivity contribution in [2.75, 3.05) is 25.1 Å². The Kier molecular flexibility index (Phi) is 5.24. The highest BCUT2D eigenvalue weighted by Gasteiger charge is 2.19. The molecule has 0 saturated carbocycles. The van der Waals surface area contributed by atoms with Crippen molar-refractivity contribution in [3.8, 4) is 11.9 Å². The number of ether oxygens (including phenoxy) is 1. The molecule has 0 atom stereocenters. The Bertz CT molecular complexity index is 702. The van der Waals surface area contributed by atoms with Crippen LogP contribution in [0.25, 0.3) is 0 Å². The molecule has 0 aliphatic carbocycles. The summed E-state index contributed by atoms with van der Waals surface area (Å²) in [5.41, 5.74) is 1.59. The first-order chi connectivity index (χ1) is 11.8. The minimum atomic E-state index is 0.479. The molecule has 0 unspecified atom stereocenters. The summed E-state index contributed by atoms with van der Waals surface area (Å²) >= 11 is 0. The number of hydrogen-bond acceptors (Lipinski definition) is 6. The summed E-state index contributed by atoms with van der Waals surface area (Å²) in [6, 6.07) is 12.1. The van der Waals surface area contributed by atoms with Gasteiger partial charge in [-0.2, -0.15) is 5.26 Å². The van der Waals surface area contributed by atoms with Crippen LogP contribution in [-0.2, 0) is 6.54 Å². The largest absolute Gasteiger partial charge is 0.481 e. The van der Waals surface area contributed by atoms with Gasteiger partial charge in [0.05, 0.1) is 18.4 Å². The quantitative estimate of drug-likeness (QED) is 0.908. The molecule has 124 valence electrons. The molecule has 0 spiro atoms. The van der Waals surface area contributed by atoms with Gasteiger partial charge in [-0.05, 0) is 31.0 Å². The zero-order valence-corrected chi connectivity index (χ0v) is 13.8. The van der Waals surface area contributed by atoms with Gasteiger partial charge in [-0.1, -0.05) is 6.07 Å². The van der Waals surface area contributed by atoms with E-state index in [0.29, 0.717) is 17.5 Å².